The van der Waals surface area contributed by atoms with Gasteiger partial charge in [0.2, 0.25) is 0 Å². The quantitative estimate of drug-likeness (QED) is 0.931. The van der Waals surface area contributed by atoms with E-state index < -0.39 is 6.10 Å². The van der Waals surface area contributed by atoms with E-state index in [0.29, 0.717) is 5.56 Å². The van der Waals surface area contributed by atoms with Gasteiger partial charge in [0.15, 0.2) is 0 Å². The van der Waals surface area contributed by atoms with Crippen LogP contribution in [0.3, 0.4) is 0 Å². The highest BCUT2D eigenvalue weighted by Crippen LogP contribution is 2.26. The Morgan fingerprint density at radius 1 is 1.40 bits per heavy atom. The maximum absolute atomic E-state index is 9.93. The van der Waals surface area contributed by atoms with Crippen molar-refractivity contribution < 1.29 is 5.11 Å². The van der Waals surface area contributed by atoms with Crippen molar-refractivity contribution in [1.82, 2.24) is 9.78 Å². The van der Waals surface area contributed by atoms with Crippen LogP contribution in [-0.2, 0) is 6.42 Å². The first-order valence-electron chi connectivity index (χ1n) is 6.77. The van der Waals surface area contributed by atoms with Crippen molar-refractivity contribution >= 4 is 0 Å². The largest absolute Gasteiger partial charge is 0.389 e. The molecule has 0 aliphatic carbocycles. The fraction of sp³-hybridized carbons (Fsp3) is 0.375. The average molecular weight is 269 g/mol. The second-order valence-electron chi connectivity index (χ2n) is 4.98. The predicted octanol–water partition coefficient (Wildman–Crippen LogP) is 2.98. The topological polar surface area (TPSA) is 61.8 Å². The van der Waals surface area contributed by atoms with Gasteiger partial charge in [-0.15, -0.1) is 0 Å². The third kappa shape index (κ3) is 2.33. The van der Waals surface area contributed by atoms with Crippen LogP contribution in [0.4, 0.5) is 0 Å². The highest BCUT2D eigenvalue weighted by atomic mass is 16.3. The number of nitrogens with zero attached hydrogens (tertiary/aromatic N) is 3. The van der Waals surface area contributed by atoms with Crippen molar-refractivity contribution in [3.63, 3.8) is 0 Å². The van der Waals surface area contributed by atoms with E-state index in [4.69, 9.17) is 5.26 Å². The highest BCUT2D eigenvalue weighted by molar-refractivity contribution is 5.50. The number of aliphatic hydroxyl groups excluding tert-OH is 1. The molecule has 0 aliphatic rings. The van der Waals surface area contributed by atoms with Crippen LogP contribution in [0.2, 0.25) is 0 Å². The number of hydrogen-bond acceptors (Lipinski definition) is 3. The van der Waals surface area contributed by atoms with Gasteiger partial charge in [-0.3, -0.25) is 0 Å². The van der Waals surface area contributed by atoms with Crippen LogP contribution < -0.4 is 0 Å². The van der Waals surface area contributed by atoms with Gasteiger partial charge in [0, 0.05) is 11.3 Å². The molecule has 0 bridgehead atoms. The van der Waals surface area contributed by atoms with E-state index in [0.717, 1.165) is 29.1 Å². The maximum atomic E-state index is 9.93. The lowest BCUT2D eigenvalue weighted by molar-refractivity contribution is 0.199. The summed E-state index contributed by atoms with van der Waals surface area (Å²) in [4.78, 5) is 0. The molecule has 2 aromatic rings. The van der Waals surface area contributed by atoms with Crippen LogP contribution >= 0.6 is 0 Å². The van der Waals surface area contributed by atoms with Gasteiger partial charge in [-0.25, -0.2) is 4.68 Å². The number of aliphatic hydroxyl groups is 1. The Balaban J connectivity index is 2.71. The first kappa shape index (κ1) is 14.3. The van der Waals surface area contributed by atoms with Crippen molar-refractivity contribution in [3.8, 4) is 11.8 Å². The average Bonchev–Trinajstić information content (AvgIpc) is 2.72. The molecule has 1 aromatic heterocycles. The van der Waals surface area contributed by atoms with E-state index in [1.165, 1.54) is 5.56 Å². The Hall–Kier alpha value is -2.12. The minimum absolute atomic E-state index is 0.565. The Kier molecular flexibility index (Phi) is 3.91. The second kappa shape index (κ2) is 5.48. The Bertz CT molecular complexity index is 678. The smallest absolute Gasteiger partial charge is 0.0992 e. The molecule has 1 heterocycles. The fourth-order valence-electron chi connectivity index (χ4n) is 2.57. The normalized spacial score (nSPS) is 12.2. The molecular weight excluding hydrogens is 250 g/mol. The summed E-state index contributed by atoms with van der Waals surface area (Å²) in [6.45, 7) is 7.82. The zero-order valence-electron chi connectivity index (χ0n) is 12.3. The lowest BCUT2D eigenvalue weighted by Gasteiger charge is -2.14. The zero-order chi connectivity index (χ0) is 14.9. The Morgan fingerprint density at radius 2 is 2.10 bits per heavy atom. The van der Waals surface area contributed by atoms with Crippen LogP contribution in [0, 0.1) is 25.2 Å². The maximum Gasteiger partial charge on any atom is 0.0992 e. The van der Waals surface area contributed by atoms with Gasteiger partial charge in [-0.05, 0) is 44.9 Å². The summed E-state index contributed by atoms with van der Waals surface area (Å²) < 4.78 is 1.83. The molecule has 0 unspecified atom stereocenters. The van der Waals surface area contributed by atoms with Gasteiger partial charge >= 0.3 is 0 Å². The molecule has 0 saturated carbocycles. The molecular formula is C16H19N3O. The third-order valence-electron chi connectivity index (χ3n) is 3.63. The van der Waals surface area contributed by atoms with Crippen molar-refractivity contribution in [2.24, 2.45) is 0 Å². The van der Waals surface area contributed by atoms with Crippen LogP contribution in [0.15, 0.2) is 18.2 Å². The standard InChI is InChI=1S/C16H19N3O/c1-5-14-10(2)18-19(11(14)3)16-8-13(9-17)6-7-15(16)12(4)20/h6-8,12,20H,5H2,1-4H3/t12-/m0/s1. The fourth-order valence-corrected chi connectivity index (χ4v) is 2.57. The summed E-state index contributed by atoms with van der Waals surface area (Å²) in [6.07, 6.45) is 0.311. The van der Waals surface area contributed by atoms with Gasteiger partial charge < -0.3 is 5.11 Å². The lowest BCUT2D eigenvalue weighted by atomic mass is 10.0. The Morgan fingerprint density at radius 3 is 2.60 bits per heavy atom. The lowest BCUT2D eigenvalue weighted by Crippen LogP contribution is -2.06. The summed E-state index contributed by atoms with van der Waals surface area (Å²) in [5.74, 6) is 0. The van der Waals surface area contributed by atoms with Crippen LogP contribution in [0.25, 0.3) is 5.69 Å². The molecule has 104 valence electrons. The molecule has 4 heteroatoms. The van der Waals surface area contributed by atoms with Gasteiger partial charge in [0.25, 0.3) is 0 Å². The minimum Gasteiger partial charge on any atom is -0.389 e. The molecule has 1 N–H and O–H groups in total. The molecule has 2 rings (SSSR count). The van der Waals surface area contributed by atoms with E-state index in [2.05, 4.69) is 18.1 Å². The van der Waals surface area contributed by atoms with Crippen LogP contribution in [0.1, 0.15) is 48.0 Å². The summed E-state index contributed by atoms with van der Waals surface area (Å²) in [6, 6.07) is 7.43. The first-order chi connectivity index (χ1) is 9.49. The molecule has 0 radical (unpaired) electrons. The van der Waals surface area contributed by atoms with Gasteiger partial charge in [0.1, 0.15) is 0 Å². The minimum atomic E-state index is -0.605. The predicted molar refractivity (Wildman–Crippen MR) is 77.8 cm³/mol. The number of rotatable bonds is 3. The summed E-state index contributed by atoms with van der Waals surface area (Å²) in [5.41, 5.74) is 5.38. The van der Waals surface area contributed by atoms with Gasteiger partial charge in [0.05, 0.1) is 29.1 Å². The molecule has 20 heavy (non-hydrogen) atoms. The first-order valence-corrected chi connectivity index (χ1v) is 6.77. The number of aryl methyl sites for hydroxylation is 1. The molecule has 0 saturated heterocycles. The van der Waals surface area contributed by atoms with E-state index >= 15 is 0 Å². The molecule has 4 nitrogen and oxygen atoms in total. The van der Waals surface area contributed by atoms with E-state index in [1.54, 1.807) is 25.1 Å². The molecule has 0 aliphatic heterocycles. The number of benzene rings is 1. The van der Waals surface area contributed by atoms with Crippen molar-refractivity contribution in [2.75, 3.05) is 0 Å². The summed E-state index contributed by atoms with van der Waals surface area (Å²) in [7, 11) is 0. The van der Waals surface area contributed by atoms with E-state index in [9.17, 15) is 5.11 Å². The third-order valence-corrected chi connectivity index (χ3v) is 3.63. The number of hydrogen-bond donors (Lipinski definition) is 1. The number of nitriles is 1. The monoisotopic (exact) mass is 269 g/mol. The summed E-state index contributed by atoms with van der Waals surface area (Å²) >= 11 is 0. The molecule has 1 aromatic carbocycles. The van der Waals surface area contributed by atoms with Crippen molar-refractivity contribution in [1.29, 1.82) is 5.26 Å². The van der Waals surface area contributed by atoms with E-state index in [-0.39, 0.29) is 0 Å². The van der Waals surface area contributed by atoms with Crippen LogP contribution in [-0.4, -0.2) is 14.9 Å². The van der Waals surface area contributed by atoms with E-state index in [1.807, 2.05) is 18.5 Å². The van der Waals surface area contributed by atoms with Crippen molar-refractivity contribution in [3.05, 3.63) is 46.3 Å². The molecule has 0 fully saturated rings. The van der Waals surface area contributed by atoms with Crippen molar-refractivity contribution in [2.45, 2.75) is 40.2 Å². The number of aromatic nitrogens is 2. The van der Waals surface area contributed by atoms with Crippen LogP contribution in [0.5, 0.6) is 0 Å². The highest BCUT2D eigenvalue weighted by Gasteiger charge is 2.16. The molecule has 1 atom stereocenters. The van der Waals surface area contributed by atoms with Gasteiger partial charge in [-0.2, -0.15) is 10.4 Å². The Labute approximate surface area is 119 Å². The zero-order valence-corrected chi connectivity index (χ0v) is 12.3. The molecule has 0 amide bonds. The van der Waals surface area contributed by atoms with Gasteiger partial charge in [-0.1, -0.05) is 13.0 Å². The summed E-state index contributed by atoms with van der Waals surface area (Å²) in [5, 5.41) is 23.6. The second-order valence-corrected chi connectivity index (χ2v) is 4.98. The molecule has 0 spiro atoms. The SMILES string of the molecule is CCc1c(C)nn(-c2cc(C#N)ccc2[C@H](C)O)c1C.